The van der Waals surface area contributed by atoms with Crippen LogP contribution in [-0.4, -0.2) is 15.8 Å². The second-order valence-corrected chi connectivity index (χ2v) is 5.39. The molecule has 2 fully saturated rings. The fraction of sp³-hybridized carbons (Fsp3) is 0.692. The van der Waals surface area contributed by atoms with Gasteiger partial charge >= 0.3 is 0 Å². The van der Waals surface area contributed by atoms with E-state index in [-0.39, 0.29) is 0 Å². The highest BCUT2D eigenvalue weighted by molar-refractivity contribution is 5.55. The zero-order valence-electron chi connectivity index (χ0n) is 10.4. The van der Waals surface area contributed by atoms with Crippen molar-refractivity contribution in [2.45, 2.75) is 38.6 Å². The lowest BCUT2D eigenvalue weighted by Gasteiger charge is -2.19. The van der Waals surface area contributed by atoms with Gasteiger partial charge in [-0.1, -0.05) is 0 Å². The summed E-state index contributed by atoms with van der Waals surface area (Å²) in [4.78, 5) is 0. The average molecular weight is 230 g/mol. The standard InChI is InChI=1S/C13H18N4/c1-8-11(7-14)13(17(2)16-8)15-12(9-3-4-9)10-5-6-10/h9-10,12,15H,3-6H2,1-2H3. The molecule has 90 valence electrons. The normalized spacial score (nSPS) is 19.4. The molecule has 4 nitrogen and oxygen atoms in total. The first-order valence-electron chi connectivity index (χ1n) is 6.41. The molecule has 1 N–H and O–H groups in total. The number of nitriles is 1. The van der Waals surface area contributed by atoms with E-state index in [2.05, 4.69) is 16.5 Å². The van der Waals surface area contributed by atoms with Crippen LogP contribution < -0.4 is 5.32 Å². The van der Waals surface area contributed by atoms with Crippen molar-refractivity contribution in [3.63, 3.8) is 0 Å². The van der Waals surface area contributed by atoms with Crippen molar-refractivity contribution in [2.24, 2.45) is 18.9 Å². The van der Waals surface area contributed by atoms with E-state index in [1.807, 2.05) is 18.7 Å². The Morgan fingerprint density at radius 1 is 1.35 bits per heavy atom. The summed E-state index contributed by atoms with van der Waals surface area (Å²) in [5.41, 5.74) is 1.53. The Kier molecular flexibility index (Phi) is 2.36. The second-order valence-electron chi connectivity index (χ2n) is 5.39. The lowest BCUT2D eigenvalue weighted by atomic mass is 10.1. The number of aromatic nitrogens is 2. The minimum Gasteiger partial charge on any atom is -0.366 e. The van der Waals surface area contributed by atoms with Crippen molar-refractivity contribution >= 4 is 5.82 Å². The Hall–Kier alpha value is -1.50. The summed E-state index contributed by atoms with van der Waals surface area (Å²) in [6.07, 6.45) is 5.36. The molecule has 0 spiro atoms. The van der Waals surface area contributed by atoms with Gasteiger partial charge in [-0.05, 0) is 44.4 Å². The molecule has 17 heavy (non-hydrogen) atoms. The molecule has 0 radical (unpaired) electrons. The third kappa shape index (κ3) is 1.90. The highest BCUT2D eigenvalue weighted by Gasteiger charge is 2.42. The van der Waals surface area contributed by atoms with Crippen molar-refractivity contribution in [3.05, 3.63) is 11.3 Å². The smallest absolute Gasteiger partial charge is 0.142 e. The van der Waals surface area contributed by atoms with E-state index in [4.69, 9.17) is 0 Å². The van der Waals surface area contributed by atoms with E-state index in [9.17, 15) is 5.26 Å². The first kappa shape index (κ1) is 10.6. The summed E-state index contributed by atoms with van der Waals surface area (Å²) in [7, 11) is 1.91. The third-order valence-corrected chi connectivity index (χ3v) is 3.90. The average Bonchev–Trinajstić information content (AvgIpc) is 3.14. The van der Waals surface area contributed by atoms with Crippen LogP contribution in [-0.2, 0) is 7.05 Å². The Morgan fingerprint density at radius 2 is 1.94 bits per heavy atom. The molecular formula is C13H18N4. The second kappa shape index (κ2) is 3.76. The van der Waals surface area contributed by atoms with Crippen LogP contribution in [0.4, 0.5) is 5.82 Å². The van der Waals surface area contributed by atoms with Crippen molar-refractivity contribution in [2.75, 3.05) is 5.32 Å². The quantitative estimate of drug-likeness (QED) is 0.862. The molecular weight excluding hydrogens is 212 g/mol. The lowest BCUT2D eigenvalue weighted by Crippen LogP contribution is -2.26. The Balaban J connectivity index is 1.86. The monoisotopic (exact) mass is 230 g/mol. The van der Waals surface area contributed by atoms with E-state index in [1.54, 1.807) is 0 Å². The molecule has 2 aliphatic carbocycles. The van der Waals surface area contributed by atoms with Crippen LogP contribution in [0.25, 0.3) is 0 Å². The van der Waals surface area contributed by atoms with Crippen LogP contribution in [0.1, 0.15) is 36.9 Å². The largest absolute Gasteiger partial charge is 0.366 e. The van der Waals surface area contributed by atoms with Crippen molar-refractivity contribution in [1.29, 1.82) is 5.26 Å². The zero-order valence-corrected chi connectivity index (χ0v) is 10.4. The van der Waals surface area contributed by atoms with Gasteiger partial charge < -0.3 is 5.32 Å². The summed E-state index contributed by atoms with van der Waals surface area (Å²) < 4.78 is 1.81. The molecule has 3 rings (SSSR count). The number of anilines is 1. The van der Waals surface area contributed by atoms with E-state index in [1.165, 1.54) is 25.7 Å². The number of nitrogens with one attached hydrogen (secondary N) is 1. The van der Waals surface area contributed by atoms with Crippen LogP contribution in [0.2, 0.25) is 0 Å². The predicted octanol–water partition coefficient (Wildman–Crippen LogP) is 2.20. The molecule has 0 aliphatic heterocycles. The minimum atomic E-state index is 0.567. The molecule has 1 heterocycles. The third-order valence-electron chi connectivity index (χ3n) is 3.90. The first-order chi connectivity index (χ1) is 8.20. The summed E-state index contributed by atoms with van der Waals surface area (Å²) >= 11 is 0. The van der Waals surface area contributed by atoms with Gasteiger partial charge in [-0.25, -0.2) is 0 Å². The van der Waals surface area contributed by atoms with Crippen LogP contribution in [0.5, 0.6) is 0 Å². The number of aryl methyl sites for hydroxylation is 2. The SMILES string of the molecule is Cc1nn(C)c(NC(C2CC2)C2CC2)c1C#N. The van der Waals surface area contributed by atoms with Gasteiger partial charge in [-0.2, -0.15) is 10.4 Å². The molecule has 0 aromatic carbocycles. The topological polar surface area (TPSA) is 53.6 Å². The fourth-order valence-corrected chi connectivity index (χ4v) is 2.65. The van der Waals surface area contributed by atoms with E-state index >= 15 is 0 Å². The summed E-state index contributed by atoms with van der Waals surface area (Å²) in [6.45, 7) is 1.90. The van der Waals surface area contributed by atoms with Crippen LogP contribution in [0.3, 0.4) is 0 Å². The molecule has 0 atom stereocenters. The maximum absolute atomic E-state index is 9.19. The van der Waals surface area contributed by atoms with Crippen LogP contribution in [0, 0.1) is 30.1 Å². The first-order valence-corrected chi connectivity index (χ1v) is 6.41. The molecule has 0 bridgehead atoms. The van der Waals surface area contributed by atoms with Gasteiger partial charge in [0.05, 0.1) is 5.69 Å². The molecule has 0 saturated heterocycles. The van der Waals surface area contributed by atoms with Gasteiger partial charge in [0.1, 0.15) is 17.5 Å². The highest BCUT2D eigenvalue weighted by Crippen LogP contribution is 2.46. The fourth-order valence-electron chi connectivity index (χ4n) is 2.65. The van der Waals surface area contributed by atoms with Crippen molar-refractivity contribution in [1.82, 2.24) is 9.78 Å². The molecule has 1 aromatic heterocycles. The molecule has 2 saturated carbocycles. The van der Waals surface area contributed by atoms with Gasteiger partial charge in [-0.3, -0.25) is 4.68 Å². The summed E-state index contributed by atoms with van der Waals surface area (Å²) in [5.74, 6) is 2.56. The summed E-state index contributed by atoms with van der Waals surface area (Å²) in [5, 5.41) is 17.1. The maximum atomic E-state index is 9.19. The van der Waals surface area contributed by atoms with Crippen LogP contribution >= 0.6 is 0 Å². The van der Waals surface area contributed by atoms with Gasteiger partial charge in [0.15, 0.2) is 0 Å². The number of hydrogen-bond acceptors (Lipinski definition) is 3. The molecule has 4 heteroatoms. The minimum absolute atomic E-state index is 0.567. The number of nitrogens with zero attached hydrogens (tertiary/aromatic N) is 3. The van der Waals surface area contributed by atoms with Gasteiger partial charge in [0.2, 0.25) is 0 Å². The highest BCUT2D eigenvalue weighted by atomic mass is 15.3. The Labute approximate surface area is 102 Å². The Bertz CT molecular complexity index is 462. The summed E-state index contributed by atoms with van der Waals surface area (Å²) in [6, 6.07) is 2.83. The number of rotatable bonds is 4. The van der Waals surface area contributed by atoms with E-state index in [0.29, 0.717) is 11.6 Å². The molecule has 1 aromatic rings. The lowest BCUT2D eigenvalue weighted by molar-refractivity contribution is 0.559. The Morgan fingerprint density at radius 3 is 2.41 bits per heavy atom. The van der Waals surface area contributed by atoms with Gasteiger partial charge in [0.25, 0.3) is 0 Å². The molecule has 0 amide bonds. The van der Waals surface area contributed by atoms with Gasteiger partial charge in [0, 0.05) is 13.1 Å². The molecule has 0 unspecified atom stereocenters. The van der Waals surface area contributed by atoms with E-state index in [0.717, 1.165) is 23.3 Å². The number of hydrogen-bond donors (Lipinski definition) is 1. The predicted molar refractivity (Wildman–Crippen MR) is 65.5 cm³/mol. The van der Waals surface area contributed by atoms with Crippen molar-refractivity contribution < 1.29 is 0 Å². The van der Waals surface area contributed by atoms with Crippen LogP contribution in [0.15, 0.2) is 0 Å². The van der Waals surface area contributed by atoms with E-state index < -0.39 is 0 Å². The molecule has 2 aliphatic rings. The zero-order chi connectivity index (χ0) is 12.0. The van der Waals surface area contributed by atoms with Gasteiger partial charge in [-0.15, -0.1) is 0 Å². The van der Waals surface area contributed by atoms with Crippen molar-refractivity contribution in [3.8, 4) is 6.07 Å². The maximum Gasteiger partial charge on any atom is 0.142 e.